The number of nitrogens with zero attached hydrogens (tertiary/aromatic N) is 2. The predicted molar refractivity (Wildman–Crippen MR) is 98.8 cm³/mol. The Morgan fingerprint density at radius 1 is 1.12 bits per heavy atom. The zero-order valence-corrected chi connectivity index (χ0v) is 15.2. The van der Waals surface area contributed by atoms with Gasteiger partial charge >= 0.3 is 0 Å². The third-order valence-electron chi connectivity index (χ3n) is 5.58. The average Bonchev–Trinajstić information content (AvgIpc) is 3.53. The number of hydrogen-bond acceptors (Lipinski definition) is 4. The van der Waals surface area contributed by atoms with Crippen LogP contribution in [-0.4, -0.2) is 55.6 Å². The molecule has 0 radical (unpaired) electrons. The maximum absolute atomic E-state index is 12.5. The SMILES string of the molecule is O=C(NCc1ccc(N2CCOCC2)cc1)[C@H]1CCC(=O)N(C2CC2)C1. The zero-order valence-electron chi connectivity index (χ0n) is 15.2. The highest BCUT2D eigenvalue weighted by atomic mass is 16.5. The van der Waals surface area contributed by atoms with E-state index in [1.165, 1.54) is 5.69 Å². The van der Waals surface area contributed by atoms with Gasteiger partial charge in [0.25, 0.3) is 0 Å². The molecule has 1 N–H and O–H groups in total. The van der Waals surface area contributed by atoms with Crippen LogP contribution in [0.4, 0.5) is 5.69 Å². The fraction of sp³-hybridized carbons (Fsp3) is 0.600. The van der Waals surface area contributed by atoms with Crippen LogP contribution in [0, 0.1) is 5.92 Å². The number of hydrogen-bond donors (Lipinski definition) is 1. The lowest BCUT2D eigenvalue weighted by Gasteiger charge is -2.32. The largest absolute Gasteiger partial charge is 0.378 e. The molecule has 26 heavy (non-hydrogen) atoms. The topological polar surface area (TPSA) is 61.9 Å². The van der Waals surface area contributed by atoms with Crippen LogP contribution < -0.4 is 10.2 Å². The van der Waals surface area contributed by atoms with Gasteiger partial charge in [-0.1, -0.05) is 12.1 Å². The molecule has 1 aliphatic carbocycles. The summed E-state index contributed by atoms with van der Waals surface area (Å²) in [6.07, 6.45) is 3.36. The van der Waals surface area contributed by atoms with Crippen LogP contribution >= 0.6 is 0 Å². The lowest BCUT2D eigenvalue weighted by atomic mass is 9.96. The molecule has 0 spiro atoms. The molecule has 1 aromatic rings. The summed E-state index contributed by atoms with van der Waals surface area (Å²) in [6, 6.07) is 8.77. The van der Waals surface area contributed by atoms with Crippen LogP contribution in [0.2, 0.25) is 0 Å². The van der Waals surface area contributed by atoms with Crippen molar-refractivity contribution in [3.05, 3.63) is 29.8 Å². The molecular weight excluding hydrogens is 330 g/mol. The molecule has 1 aromatic carbocycles. The minimum atomic E-state index is -0.0686. The van der Waals surface area contributed by atoms with Crippen LogP contribution in [0.15, 0.2) is 24.3 Å². The third-order valence-corrected chi connectivity index (χ3v) is 5.58. The van der Waals surface area contributed by atoms with Gasteiger partial charge in [0.1, 0.15) is 0 Å². The first-order valence-corrected chi connectivity index (χ1v) is 9.69. The van der Waals surface area contributed by atoms with Gasteiger partial charge in [0.15, 0.2) is 0 Å². The molecule has 0 unspecified atom stereocenters. The van der Waals surface area contributed by atoms with Crippen molar-refractivity contribution >= 4 is 17.5 Å². The molecule has 2 amide bonds. The predicted octanol–water partition coefficient (Wildman–Crippen LogP) is 1.54. The van der Waals surface area contributed by atoms with Crippen LogP contribution in [-0.2, 0) is 20.9 Å². The lowest BCUT2D eigenvalue weighted by molar-refractivity contribution is -0.138. The molecule has 1 saturated carbocycles. The molecule has 1 atom stereocenters. The molecule has 6 nitrogen and oxygen atoms in total. The first kappa shape index (κ1) is 17.3. The van der Waals surface area contributed by atoms with Gasteiger partial charge in [-0.15, -0.1) is 0 Å². The summed E-state index contributed by atoms with van der Waals surface area (Å²) in [5.74, 6) is 0.219. The molecule has 2 saturated heterocycles. The van der Waals surface area contributed by atoms with Gasteiger partial charge in [0.05, 0.1) is 19.1 Å². The smallest absolute Gasteiger partial charge is 0.225 e. The lowest BCUT2D eigenvalue weighted by Crippen LogP contribution is -2.46. The molecule has 3 aliphatic rings. The third kappa shape index (κ3) is 4.01. The number of amides is 2. The second kappa shape index (κ2) is 7.66. The first-order chi connectivity index (χ1) is 12.7. The Balaban J connectivity index is 1.28. The Hall–Kier alpha value is -2.08. The number of carbonyl (C=O) groups is 2. The van der Waals surface area contributed by atoms with E-state index in [1.807, 2.05) is 4.90 Å². The Bertz CT molecular complexity index is 651. The van der Waals surface area contributed by atoms with Crippen LogP contribution in [0.3, 0.4) is 0 Å². The maximum atomic E-state index is 12.5. The Kier molecular flexibility index (Phi) is 5.11. The molecule has 3 fully saturated rings. The van der Waals surface area contributed by atoms with E-state index in [0.29, 0.717) is 32.0 Å². The molecule has 2 aliphatic heterocycles. The van der Waals surface area contributed by atoms with E-state index in [2.05, 4.69) is 34.5 Å². The number of morpholine rings is 1. The van der Waals surface area contributed by atoms with Gasteiger partial charge in [0.2, 0.25) is 11.8 Å². The number of likely N-dealkylation sites (tertiary alicyclic amines) is 1. The van der Waals surface area contributed by atoms with E-state index < -0.39 is 0 Å². The van der Waals surface area contributed by atoms with E-state index in [0.717, 1.165) is 44.7 Å². The second-order valence-corrected chi connectivity index (χ2v) is 7.50. The number of benzene rings is 1. The average molecular weight is 357 g/mol. The van der Waals surface area contributed by atoms with E-state index in [4.69, 9.17) is 4.74 Å². The minimum Gasteiger partial charge on any atom is -0.378 e. The highest BCUT2D eigenvalue weighted by Crippen LogP contribution is 2.31. The first-order valence-electron chi connectivity index (χ1n) is 9.69. The highest BCUT2D eigenvalue weighted by molar-refractivity contribution is 5.84. The van der Waals surface area contributed by atoms with E-state index in [1.54, 1.807) is 0 Å². The van der Waals surface area contributed by atoms with Crippen molar-refractivity contribution in [2.45, 2.75) is 38.3 Å². The molecule has 0 bridgehead atoms. The van der Waals surface area contributed by atoms with Crippen molar-refractivity contribution in [3.8, 4) is 0 Å². The molecule has 2 heterocycles. The van der Waals surface area contributed by atoms with Crippen molar-refractivity contribution in [1.29, 1.82) is 0 Å². The molecule has 0 aromatic heterocycles. The fourth-order valence-electron chi connectivity index (χ4n) is 3.80. The van der Waals surface area contributed by atoms with Gasteiger partial charge in [-0.05, 0) is 37.0 Å². The number of ether oxygens (including phenoxy) is 1. The van der Waals surface area contributed by atoms with E-state index in [9.17, 15) is 9.59 Å². The fourth-order valence-corrected chi connectivity index (χ4v) is 3.80. The van der Waals surface area contributed by atoms with Crippen LogP contribution in [0.25, 0.3) is 0 Å². The zero-order chi connectivity index (χ0) is 17.9. The Labute approximate surface area is 154 Å². The summed E-state index contributed by atoms with van der Waals surface area (Å²) < 4.78 is 5.39. The summed E-state index contributed by atoms with van der Waals surface area (Å²) >= 11 is 0. The van der Waals surface area contributed by atoms with Crippen molar-refractivity contribution in [3.63, 3.8) is 0 Å². The number of carbonyl (C=O) groups excluding carboxylic acids is 2. The summed E-state index contributed by atoms with van der Waals surface area (Å²) in [6.45, 7) is 4.53. The van der Waals surface area contributed by atoms with Crippen molar-refractivity contribution in [2.75, 3.05) is 37.7 Å². The normalized spacial score (nSPS) is 23.8. The summed E-state index contributed by atoms with van der Waals surface area (Å²) in [5, 5.41) is 3.05. The van der Waals surface area contributed by atoms with Crippen molar-refractivity contribution in [1.82, 2.24) is 10.2 Å². The van der Waals surface area contributed by atoms with Gasteiger partial charge in [0, 0.05) is 44.3 Å². The van der Waals surface area contributed by atoms with E-state index >= 15 is 0 Å². The number of anilines is 1. The summed E-state index contributed by atoms with van der Waals surface area (Å²) in [4.78, 5) is 28.7. The minimum absolute atomic E-state index is 0.0686. The maximum Gasteiger partial charge on any atom is 0.225 e. The van der Waals surface area contributed by atoms with Gasteiger partial charge in [-0.25, -0.2) is 0 Å². The Morgan fingerprint density at radius 3 is 2.54 bits per heavy atom. The monoisotopic (exact) mass is 357 g/mol. The second-order valence-electron chi connectivity index (χ2n) is 7.50. The number of nitrogens with one attached hydrogen (secondary N) is 1. The quantitative estimate of drug-likeness (QED) is 0.868. The van der Waals surface area contributed by atoms with Crippen LogP contribution in [0.1, 0.15) is 31.2 Å². The van der Waals surface area contributed by atoms with Gasteiger partial charge < -0.3 is 19.9 Å². The molecule has 6 heteroatoms. The molecular formula is C20H27N3O3. The highest BCUT2D eigenvalue weighted by Gasteiger charge is 2.38. The standard InChI is InChI=1S/C20H27N3O3/c24-19-8-3-16(14-23(19)18-6-7-18)20(25)21-13-15-1-4-17(5-2-15)22-9-11-26-12-10-22/h1-2,4-5,16,18H,3,6-14H2,(H,21,25)/t16-/m0/s1. The molecule has 140 valence electrons. The van der Waals surface area contributed by atoms with E-state index in [-0.39, 0.29) is 17.7 Å². The summed E-state index contributed by atoms with van der Waals surface area (Å²) in [5.41, 5.74) is 2.30. The van der Waals surface area contributed by atoms with Crippen molar-refractivity contribution in [2.24, 2.45) is 5.92 Å². The summed E-state index contributed by atoms with van der Waals surface area (Å²) in [7, 11) is 0. The van der Waals surface area contributed by atoms with Gasteiger partial charge in [-0.3, -0.25) is 9.59 Å². The van der Waals surface area contributed by atoms with Crippen LogP contribution in [0.5, 0.6) is 0 Å². The number of rotatable bonds is 5. The van der Waals surface area contributed by atoms with Crippen molar-refractivity contribution < 1.29 is 14.3 Å². The number of piperidine rings is 1. The molecule has 4 rings (SSSR count). The Morgan fingerprint density at radius 2 is 1.85 bits per heavy atom. The van der Waals surface area contributed by atoms with Gasteiger partial charge in [-0.2, -0.15) is 0 Å².